The largest absolute Gasteiger partial charge is 0.314 e. The highest BCUT2D eigenvalue weighted by Crippen LogP contribution is 2.38. The number of hydrogen-bond donors (Lipinski definition) is 1. The minimum Gasteiger partial charge on any atom is -0.314 e. The normalized spacial score (nSPS) is 16.9. The molecule has 0 unspecified atom stereocenters. The molecule has 1 fully saturated rings. The van der Waals surface area contributed by atoms with Crippen molar-refractivity contribution in [3.05, 3.63) is 56.2 Å². The van der Waals surface area contributed by atoms with Gasteiger partial charge in [0.1, 0.15) is 11.6 Å². The fourth-order valence-corrected chi connectivity index (χ4v) is 4.06. The number of nitrogens with zero attached hydrogens (tertiary/aromatic N) is 1. The zero-order chi connectivity index (χ0) is 15.7. The molecular weight excluding hydrogens is 361 g/mol. The molecule has 1 aromatic heterocycles. The zero-order valence-electron chi connectivity index (χ0n) is 12.6. The Hall–Kier alpha value is -0.720. The van der Waals surface area contributed by atoms with Crippen molar-refractivity contribution in [1.82, 2.24) is 10.2 Å². The molecule has 2 heterocycles. The van der Waals surface area contributed by atoms with Crippen LogP contribution in [0.1, 0.15) is 22.0 Å². The van der Waals surface area contributed by atoms with E-state index in [1.54, 1.807) is 13.0 Å². The van der Waals surface area contributed by atoms with E-state index in [0.29, 0.717) is 9.90 Å². The van der Waals surface area contributed by atoms with Crippen LogP contribution >= 0.6 is 35.3 Å². The first-order valence-electron chi connectivity index (χ1n) is 7.22. The molecule has 0 radical (unpaired) electrons. The van der Waals surface area contributed by atoms with Crippen molar-refractivity contribution < 1.29 is 8.78 Å². The zero-order valence-corrected chi connectivity index (χ0v) is 15.0. The fraction of sp³-hybridized carbons (Fsp3) is 0.375. The maximum absolute atomic E-state index is 14.6. The summed E-state index contributed by atoms with van der Waals surface area (Å²) in [5, 5.41) is 3.27. The smallest absolute Gasteiger partial charge is 0.134 e. The van der Waals surface area contributed by atoms with Crippen molar-refractivity contribution in [2.24, 2.45) is 0 Å². The predicted octanol–water partition coefficient (Wildman–Crippen LogP) is 4.40. The van der Waals surface area contributed by atoms with Gasteiger partial charge in [0.05, 0.1) is 10.4 Å². The summed E-state index contributed by atoms with van der Waals surface area (Å²) in [5.41, 5.74) is 0.583. The van der Waals surface area contributed by atoms with Gasteiger partial charge in [-0.3, -0.25) is 4.90 Å². The van der Waals surface area contributed by atoms with Crippen LogP contribution in [0.4, 0.5) is 8.78 Å². The summed E-state index contributed by atoms with van der Waals surface area (Å²) in [5.74, 6) is -0.968. The highest BCUT2D eigenvalue weighted by atomic mass is 35.5. The van der Waals surface area contributed by atoms with Crippen molar-refractivity contribution >= 4 is 35.3 Å². The summed E-state index contributed by atoms with van der Waals surface area (Å²) < 4.78 is 29.7. The Morgan fingerprint density at radius 3 is 2.48 bits per heavy atom. The quantitative estimate of drug-likeness (QED) is 0.850. The van der Waals surface area contributed by atoms with Gasteiger partial charge < -0.3 is 5.32 Å². The lowest BCUT2D eigenvalue weighted by molar-refractivity contribution is 0.194. The second kappa shape index (κ2) is 7.90. The van der Waals surface area contributed by atoms with E-state index in [0.717, 1.165) is 31.1 Å². The maximum atomic E-state index is 14.6. The third kappa shape index (κ3) is 3.86. The fourth-order valence-electron chi connectivity index (χ4n) is 2.85. The lowest BCUT2D eigenvalue weighted by Gasteiger charge is -2.35. The first kappa shape index (κ1) is 18.6. The Balaban J connectivity index is 0.00000192. The molecule has 1 saturated heterocycles. The minimum atomic E-state index is -0.504. The van der Waals surface area contributed by atoms with Crippen LogP contribution in [0.25, 0.3) is 0 Å². The van der Waals surface area contributed by atoms with E-state index in [1.807, 2.05) is 6.07 Å². The summed E-state index contributed by atoms with van der Waals surface area (Å²) >= 11 is 7.42. The van der Waals surface area contributed by atoms with Crippen molar-refractivity contribution in [2.45, 2.75) is 13.0 Å². The molecule has 1 aromatic carbocycles. The monoisotopic (exact) mass is 378 g/mol. The van der Waals surface area contributed by atoms with E-state index in [-0.39, 0.29) is 18.0 Å². The molecule has 1 N–H and O–H groups in total. The van der Waals surface area contributed by atoms with Crippen LogP contribution < -0.4 is 5.32 Å². The van der Waals surface area contributed by atoms with Crippen molar-refractivity contribution in [1.29, 1.82) is 0 Å². The standard InChI is InChI=1S/C16H17ClF2N2S.ClH/c1-10-2-3-11(18)14(15(10)19)16(12-4-5-13(17)22-12)21-8-6-20-7-9-21;/h2-5,16,20H,6-9H2,1H3;1H/t16-;/m0./s1. The van der Waals surface area contributed by atoms with Gasteiger partial charge in [0.25, 0.3) is 0 Å². The van der Waals surface area contributed by atoms with E-state index in [2.05, 4.69) is 10.2 Å². The number of nitrogens with one attached hydrogen (secondary N) is 1. The lowest BCUT2D eigenvalue weighted by atomic mass is 9.99. The molecule has 7 heteroatoms. The number of rotatable bonds is 3. The molecule has 0 saturated carbocycles. The summed E-state index contributed by atoms with van der Waals surface area (Å²) in [6, 6.07) is 6.03. The predicted molar refractivity (Wildman–Crippen MR) is 94.0 cm³/mol. The molecule has 0 aliphatic carbocycles. The minimum absolute atomic E-state index is 0. The second-order valence-corrected chi connectivity index (χ2v) is 7.17. The van der Waals surface area contributed by atoms with E-state index in [4.69, 9.17) is 11.6 Å². The maximum Gasteiger partial charge on any atom is 0.134 e. The van der Waals surface area contributed by atoms with Crippen LogP contribution in [0.15, 0.2) is 24.3 Å². The summed E-state index contributed by atoms with van der Waals surface area (Å²) in [6.07, 6.45) is 0. The average Bonchev–Trinajstić information content (AvgIpc) is 2.94. The van der Waals surface area contributed by atoms with Gasteiger partial charge in [0.2, 0.25) is 0 Å². The Kier molecular flexibility index (Phi) is 6.40. The first-order valence-corrected chi connectivity index (χ1v) is 8.42. The molecule has 3 rings (SSSR count). The number of piperazine rings is 1. The SMILES string of the molecule is Cc1ccc(F)c([C@H](c2ccc(Cl)s2)N2CCNCC2)c1F.Cl. The van der Waals surface area contributed by atoms with Crippen LogP contribution in [0.3, 0.4) is 0 Å². The Morgan fingerprint density at radius 1 is 1.17 bits per heavy atom. The lowest BCUT2D eigenvalue weighted by Crippen LogP contribution is -2.45. The molecule has 1 atom stereocenters. The average molecular weight is 379 g/mol. The van der Waals surface area contributed by atoms with E-state index >= 15 is 0 Å². The van der Waals surface area contributed by atoms with Crippen molar-refractivity contribution in [3.63, 3.8) is 0 Å². The topological polar surface area (TPSA) is 15.3 Å². The molecule has 0 bridgehead atoms. The van der Waals surface area contributed by atoms with Crippen LogP contribution in [0.5, 0.6) is 0 Å². The second-order valence-electron chi connectivity index (χ2n) is 5.42. The molecular formula is C16H18Cl2F2N2S. The Morgan fingerprint density at radius 2 is 1.87 bits per heavy atom. The van der Waals surface area contributed by atoms with Crippen molar-refractivity contribution in [3.8, 4) is 0 Å². The highest BCUT2D eigenvalue weighted by molar-refractivity contribution is 7.16. The molecule has 2 aromatic rings. The van der Waals surface area contributed by atoms with Gasteiger partial charge >= 0.3 is 0 Å². The van der Waals surface area contributed by atoms with Crippen LogP contribution in [0.2, 0.25) is 4.34 Å². The van der Waals surface area contributed by atoms with Gasteiger partial charge in [-0.05, 0) is 30.7 Å². The molecule has 126 valence electrons. The number of hydrogen-bond acceptors (Lipinski definition) is 3. The van der Waals surface area contributed by atoms with Gasteiger partial charge in [-0.1, -0.05) is 17.7 Å². The Labute approximate surface area is 149 Å². The number of aryl methyl sites for hydroxylation is 1. The van der Waals surface area contributed by atoms with Gasteiger partial charge in [-0.2, -0.15) is 0 Å². The summed E-state index contributed by atoms with van der Waals surface area (Å²) in [7, 11) is 0. The molecule has 0 amide bonds. The van der Waals surface area contributed by atoms with Crippen LogP contribution in [-0.2, 0) is 0 Å². The Bertz CT molecular complexity index is 672. The van der Waals surface area contributed by atoms with Crippen molar-refractivity contribution in [2.75, 3.05) is 26.2 Å². The highest BCUT2D eigenvalue weighted by Gasteiger charge is 2.30. The molecule has 1 aliphatic heterocycles. The van der Waals surface area contributed by atoms with Gasteiger partial charge in [0, 0.05) is 36.6 Å². The van der Waals surface area contributed by atoms with Gasteiger partial charge in [-0.25, -0.2) is 8.78 Å². The first-order chi connectivity index (χ1) is 10.6. The number of halogens is 4. The van der Waals surface area contributed by atoms with E-state index in [1.165, 1.54) is 23.5 Å². The third-order valence-electron chi connectivity index (χ3n) is 3.97. The van der Waals surface area contributed by atoms with E-state index in [9.17, 15) is 8.78 Å². The third-order valence-corrected chi connectivity index (χ3v) is 5.26. The van der Waals surface area contributed by atoms with Gasteiger partial charge in [0.15, 0.2) is 0 Å². The molecule has 2 nitrogen and oxygen atoms in total. The van der Waals surface area contributed by atoms with Gasteiger partial charge in [-0.15, -0.1) is 23.7 Å². The van der Waals surface area contributed by atoms with Crippen LogP contribution in [-0.4, -0.2) is 31.1 Å². The summed E-state index contributed by atoms with van der Waals surface area (Å²) in [6.45, 7) is 4.77. The molecule has 23 heavy (non-hydrogen) atoms. The number of thiophene rings is 1. The number of benzene rings is 1. The van der Waals surface area contributed by atoms with Crippen LogP contribution in [0, 0.1) is 18.6 Å². The molecule has 1 aliphatic rings. The molecule has 0 spiro atoms. The van der Waals surface area contributed by atoms with E-state index < -0.39 is 17.7 Å². The summed E-state index contributed by atoms with van der Waals surface area (Å²) in [4.78, 5) is 2.98.